The highest BCUT2D eigenvalue weighted by Gasteiger charge is 2.07. The van der Waals surface area contributed by atoms with Crippen LogP contribution >= 0.6 is 11.6 Å². The number of hydrogen-bond acceptors (Lipinski definition) is 3. The van der Waals surface area contributed by atoms with Gasteiger partial charge in [0.05, 0.1) is 11.0 Å². The van der Waals surface area contributed by atoms with Crippen molar-refractivity contribution in [3.8, 4) is 5.75 Å². The molecule has 0 saturated heterocycles. The van der Waals surface area contributed by atoms with Gasteiger partial charge in [-0.15, -0.1) is 0 Å². The van der Waals surface area contributed by atoms with Crippen LogP contribution in [0.1, 0.15) is 11.4 Å². The molecule has 4 nitrogen and oxygen atoms in total. The van der Waals surface area contributed by atoms with Gasteiger partial charge in [0.25, 0.3) is 0 Å². The van der Waals surface area contributed by atoms with Gasteiger partial charge in [0.2, 0.25) is 0 Å². The van der Waals surface area contributed by atoms with Gasteiger partial charge in [-0.1, -0.05) is 29.8 Å². The minimum absolute atomic E-state index is 0.360. The summed E-state index contributed by atoms with van der Waals surface area (Å²) >= 11 is 5.91. The van der Waals surface area contributed by atoms with Gasteiger partial charge in [-0.05, 0) is 29.8 Å². The Kier molecular flexibility index (Phi) is 3.58. The van der Waals surface area contributed by atoms with Gasteiger partial charge in [0, 0.05) is 11.6 Å². The zero-order chi connectivity index (χ0) is 13.9. The number of rotatable bonds is 4. The van der Waals surface area contributed by atoms with Crippen molar-refractivity contribution in [1.82, 2.24) is 9.97 Å². The smallest absolute Gasteiger partial charge is 0.146 e. The molecule has 0 saturated carbocycles. The van der Waals surface area contributed by atoms with Gasteiger partial charge in [-0.2, -0.15) is 0 Å². The van der Waals surface area contributed by atoms with Crippen molar-refractivity contribution in [1.29, 1.82) is 0 Å². The number of fused-ring (bicyclic) bond motifs is 1. The third kappa shape index (κ3) is 2.61. The molecular weight excluding hydrogens is 274 g/mol. The average molecular weight is 288 g/mol. The van der Waals surface area contributed by atoms with E-state index in [0.29, 0.717) is 18.2 Å². The lowest BCUT2D eigenvalue weighted by molar-refractivity contribution is 0.297. The Morgan fingerprint density at radius 3 is 2.85 bits per heavy atom. The van der Waals surface area contributed by atoms with Crippen LogP contribution < -0.4 is 10.5 Å². The summed E-state index contributed by atoms with van der Waals surface area (Å²) in [5.41, 5.74) is 8.60. The van der Waals surface area contributed by atoms with Crippen LogP contribution in [0.2, 0.25) is 5.02 Å². The van der Waals surface area contributed by atoms with E-state index >= 15 is 0 Å². The van der Waals surface area contributed by atoms with E-state index < -0.39 is 0 Å². The summed E-state index contributed by atoms with van der Waals surface area (Å²) in [6.45, 7) is 0.829. The lowest BCUT2D eigenvalue weighted by Gasteiger charge is -2.03. The molecule has 0 amide bonds. The van der Waals surface area contributed by atoms with Crippen LogP contribution in [0, 0.1) is 0 Å². The van der Waals surface area contributed by atoms with E-state index in [1.807, 2.05) is 36.4 Å². The van der Waals surface area contributed by atoms with Crippen molar-refractivity contribution in [3.05, 3.63) is 58.9 Å². The van der Waals surface area contributed by atoms with Gasteiger partial charge in [-0.25, -0.2) is 4.98 Å². The normalized spacial score (nSPS) is 10.9. The van der Waals surface area contributed by atoms with Crippen molar-refractivity contribution in [2.45, 2.75) is 13.2 Å². The Morgan fingerprint density at radius 2 is 2.05 bits per heavy atom. The molecule has 20 heavy (non-hydrogen) atoms. The minimum atomic E-state index is 0.360. The van der Waals surface area contributed by atoms with Crippen molar-refractivity contribution >= 4 is 22.6 Å². The Balaban J connectivity index is 1.81. The average Bonchev–Trinajstić information content (AvgIpc) is 2.88. The van der Waals surface area contributed by atoms with Crippen LogP contribution in [0.3, 0.4) is 0 Å². The molecule has 0 aliphatic heterocycles. The third-order valence-corrected chi connectivity index (χ3v) is 3.27. The molecule has 0 fully saturated rings. The molecule has 102 valence electrons. The van der Waals surface area contributed by atoms with E-state index in [1.54, 1.807) is 6.07 Å². The van der Waals surface area contributed by atoms with E-state index in [4.69, 9.17) is 22.1 Å². The molecule has 2 aromatic carbocycles. The highest BCUT2D eigenvalue weighted by atomic mass is 35.5. The standard InChI is InChI=1S/C15H14ClN3O/c16-11-4-2-5-12(7-11)20-9-14-18-13-6-1-3-10(8-17)15(13)19-14/h1-7H,8-9,17H2,(H,18,19). The molecule has 3 rings (SSSR count). The highest BCUT2D eigenvalue weighted by molar-refractivity contribution is 6.30. The number of ether oxygens (including phenoxy) is 1. The van der Waals surface area contributed by atoms with Crippen LogP contribution in [0.25, 0.3) is 11.0 Å². The maximum absolute atomic E-state index is 5.91. The summed E-state index contributed by atoms with van der Waals surface area (Å²) in [7, 11) is 0. The first-order valence-corrected chi connectivity index (χ1v) is 6.69. The minimum Gasteiger partial charge on any atom is -0.486 e. The summed E-state index contributed by atoms with van der Waals surface area (Å²) in [5, 5.41) is 0.650. The van der Waals surface area contributed by atoms with E-state index in [-0.39, 0.29) is 0 Å². The number of H-pyrrole nitrogens is 1. The van der Waals surface area contributed by atoms with Gasteiger partial charge in [0.15, 0.2) is 0 Å². The van der Waals surface area contributed by atoms with E-state index in [1.165, 1.54) is 0 Å². The zero-order valence-electron chi connectivity index (χ0n) is 10.8. The largest absolute Gasteiger partial charge is 0.486 e. The second-order valence-electron chi connectivity index (χ2n) is 4.45. The first-order valence-electron chi connectivity index (χ1n) is 6.31. The van der Waals surface area contributed by atoms with Crippen LogP contribution in [-0.2, 0) is 13.2 Å². The maximum atomic E-state index is 5.91. The lowest BCUT2D eigenvalue weighted by atomic mass is 10.2. The molecule has 1 aromatic heterocycles. The lowest BCUT2D eigenvalue weighted by Crippen LogP contribution is -1.98. The molecule has 5 heteroatoms. The predicted octanol–water partition coefficient (Wildman–Crippen LogP) is 3.25. The first kappa shape index (κ1) is 13.0. The number of benzene rings is 2. The number of aromatic amines is 1. The number of imidazole rings is 1. The number of nitrogens with zero attached hydrogens (tertiary/aromatic N) is 1. The Labute approximate surface area is 121 Å². The van der Waals surface area contributed by atoms with Crippen molar-refractivity contribution in [2.24, 2.45) is 5.73 Å². The zero-order valence-corrected chi connectivity index (χ0v) is 11.5. The van der Waals surface area contributed by atoms with E-state index in [2.05, 4.69) is 9.97 Å². The Hall–Kier alpha value is -2.04. The van der Waals surface area contributed by atoms with Crippen molar-refractivity contribution < 1.29 is 4.74 Å². The highest BCUT2D eigenvalue weighted by Crippen LogP contribution is 2.20. The number of halogens is 1. The van der Waals surface area contributed by atoms with E-state index in [0.717, 1.165) is 28.2 Å². The number of hydrogen-bond donors (Lipinski definition) is 2. The second-order valence-corrected chi connectivity index (χ2v) is 4.88. The third-order valence-electron chi connectivity index (χ3n) is 3.04. The fourth-order valence-electron chi connectivity index (χ4n) is 2.08. The molecule has 0 aliphatic rings. The molecule has 0 radical (unpaired) electrons. The molecular formula is C15H14ClN3O. The number of para-hydroxylation sites is 1. The van der Waals surface area contributed by atoms with Crippen molar-refractivity contribution in [2.75, 3.05) is 0 Å². The van der Waals surface area contributed by atoms with Gasteiger partial charge in [0.1, 0.15) is 18.2 Å². The monoisotopic (exact) mass is 287 g/mol. The Morgan fingerprint density at radius 1 is 1.20 bits per heavy atom. The number of nitrogens with two attached hydrogens (primary N) is 1. The Bertz CT molecular complexity index is 739. The molecule has 0 bridgehead atoms. The van der Waals surface area contributed by atoms with Gasteiger partial charge < -0.3 is 15.5 Å². The molecule has 0 aliphatic carbocycles. The quantitative estimate of drug-likeness (QED) is 0.774. The first-order chi connectivity index (χ1) is 9.76. The molecule has 1 heterocycles. The topological polar surface area (TPSA) is 63.9 Å². The maximum Gasteiger partial charge on any atom is 0.146 e. The summed E-state index contributed by atoms with van der Waals surface area (Å²) < 4.78 is 5.67. The summed E-state index contributed by atoms with van der Waals surface area (Å²) in [4.78, 5) is 7.76. The second kappa shape index (κ2) is 5.53. The van der Waals surface area contributed by atoms with Gasteiger partial charge in [-0.3, -0.25) is 0 Å². The molecule has 0 spiro atoms. The van der Waals surface area contributed by atoms with Gasteiger partial charge >= 0.3 is 0 Å². The van der Waals surface area contributed by atoms with E-state index in [9.17, 15) is 0 Å². The summed E-state index contributed by atoms with van der Waals surface area (Å²) in [6, 6.07) is 13.2. The summed E-state index contributed by atoms with van der Waals surface area (Å²) in [6.07, 6.45) is 0. The fourth-order valence-corrected chi connectivity index (χ4v) is 2.26. The molecule has 3 aromatic rings. The van der Waals surface area contributed by atoms with Crippen LogP contribution in [0.4, 0.5) is 0 Å². The van der Waals surface area contributed by atoms with Crippen LogP contribution in [0.5, 0.6) is 5.75 Å². The summed E-state index contributed by atoms with van der Waals surface area (Å²) in [5.74, 6) is 1.48. The van der Waals surface area contributed by atoms with Crippen LogP contribution in [0.15, 0.2) is 42.5 Å². The number of aromatic nitrogens is 2. The fraction of sp³-hybridized carbons (Fsp3) is 0.133. The van der Waals surface area contributed by atoms with Crippen molar-refractivity contribution in [3.63, 3.8) is 0 Å². The molecule has 0 unspecified atom stereocenters. The van der Waals surface area contributed by atoms with Crippen LogP contribution in [-0.4, -0.2) is 9.97 Å². The SMILES string of the molecule is NCc1cccc2[nH]c(COc3cccc(Cl)c3)nc12. The number of nitrogens with one attached hydrogen (secondary N) is 1. The molecule has 0 atom stereocenters. The predicted molar refractivity (Wildman–Crippen MR) is 79.8 cm³/mol. The molecule has 3 N–H and O–H groups in total.